The Morgan fingerprint density at radius 1 is 1.24 bits per heavy atom. The Kier molecular flexibility index (Phi) is 4.88. The third kappa shape index (κ3) is 4.16. The standard InChI is InChI=1S/C12H7BrCl2N2O3S/c13-7-1-3-11(16-6-7)12(18)17-10-4-2-8(5-9(10)14)21(15,19)20/h1-6H,(H,17,18). The molecule has 0 aliphatic carbocycles. The molecule has 2 rings (SSSR count). The predicted octanol–water partition coefficient (Wildman–Crippen LogP) is 3.68. The Balaban J connectivity index is 2.24. The molecule has 0 aliphatic heterocycles. The van der Waals surface area contributed by atoms with Gasteiger partial charge in [-0.2, -0.15) is 0 Å². The monoisotopic (exact) mass is 408 g/mol. The summed E-state index contributed by atoms with van der Waals surface area (Å²) in [7, 11) is 1.34. The topological polar surface area (TPSA) is 76.1 Å². The summed E-state index contributed by atoms with van der Waals surface area (Å²) >= 11 is 9.14. The number of halogens is 3. The van der Waals surface area contributed by atoms with Crippen LogP contribution in [0.2, 0.25) is 5.02 Å². The third-order valence-electron chi connectivity index (χ3n) is 2.43. The average Bonchev–Trinajstić information content (AvgIpc) is 2.40. The zero-order chi connectivity index (χ0) is 15.6. The van der Waals surface area contributed by atoms with E-state index in [0.717, 1.165) is 10.5 Å². The number of carbonyl (C=O) groups excluding carboxylic acids is 1. The Morgan fingerprint density at radius 3 is 2.48 bits per heavy atom. The maximum atomic E-state index is 12.0. The zero-order valence-electron chi connectivity index (χ0n) is 10.2. The molecule has 0 aliphatic rings. The Labute approximate surface area is 138 Å². The molecule has 5 nitrogen and oxygen atoms in total. The summed E-state index contributed by atoms with van der Waals surface area (Å²) < 4.78 is 23.1. The quantitative estimate of drug-likeness (QED) is 0.784. The minimum Gasteiger partial charge on any atom is -0.319 e. The molecular weight excluding hydrogens is 403 g/mol. The molecule has 2 aromatic rings. The van der Waals surface area contributed by atoms with Crippen molar-refractivity contribution in [3.63, 3.8) is 0 Å². The molecule has 1 N–H and O–H groups in total. The summed E-state index contributed by atoms with van der Waals surface area (Å²) in [6.07, 6.45) is 1.49. The first-order chi connectivity index (χ1) is 9.77. The van der Waals surface area contributed by atoms with Crippen molar-refractivity contribution >= 4 is 58.9 Å². The molecule has 0 fully saturated rings. The van der Waals surface area contributed by atoms with Crippen LogP contribution in [0.4, 0.5) is 5.69 Å². The summed E-state index contributed by atoms with van der Waals surface area (Å²) in [5.41, 5.74) is 0.457. The van der Waals surface area contributed by atoms with Gasteiger partial charge in [0.1, 0.15) is 5.69 Å². The second-order valence-electron chi connectivity index (χ2n) is 3.90. The van der Waals surface area contributed by atoms with Gasteiger partial charge in [-0.25, -0.2) is 13.4 Å². The number of anilines is 1. The first-order valence-electron chi connectivity index (χ1n) is 5.44. The molecule has 1 amide bonds. The smallest absolute Gasteiger partial charge is 0.274 e. The third-order valence-corrected chi connectivity index (χ3v) is 4.56. The lowest BCUT2D eigenvalue weighted by molar-refractivity contribution is 0.102. The van der Waals surface area contributed by atoms with Gasteiger partial charge in [0, 0.05) is 21.4 Å². The van der Waals surface area contributed by atoms with E-state index in [9.17, 15) is 13.2 Å². The molecule has 0 radical (unpaired) electrons. The normalized spacial score (nSPS) is 11.2. The highest BCUT2D eigenvalue weighted by Crippen LogP contribution is 2.27. The highest BCUT2D eigenvalue weighted by Gasteiger charge is 2.14. The van der Waals surface area contributed by atoms with Crippen molar-refractivity contribution in [2.75, 3.05) is 5.32 Å². The van der Waals surface area contributed by atoms with Crippen LogP contribution in [0.15, 0.2) is 45.9 Å². The van der Waals surface area contributed by atoms with Gasteiger partial charge in [-0.05, 0) is 46.3 Å². The molecule has 1 aromatic heterocycles. The van der Waals surface area contributed by atoms with Crippen LogP contribution >= 0.6 is 38.2 Å². The number of rotatable bonds is 3. The van der Waals surface area contributed by atoms with Crippen LogP contribution in [-0.4, -0.2) is 19.3 Å². The number of aromatic nitrogens is 1. The number of pyridine rings is 1. The van der Waals surface area contributed by atoms with Crippen molar-refractivity contribution in [3.05, 3.63) is 51.7 Å². The molecule has 110 valence electrons. The van der Waals surface area contributed by atoms with E-state index in [4.69, 9.17) is 22.3 Å². The van der Waals surface area contributed by atoms with Gasteiger partial charge in [0.15, 0.2) is 0 Å². The number of benzene rings is 1. The van der Waals surface area contributed by atoms with Gasteiger partial charge in [0.05, 0.1) is 15.6 Å². The van der Waals surface area contributed by atoms with Crippen LogP contribution in [-0.2, 0) is 9.05 Å². The Morgan fingerprint density at radius 2 is 1.95 bits per heavy atom. The fraction of sp³-hybridized carbons (Fsp3) is 0. The molecule has 9 heteroatoms. The molecule has 0 saturated carbocycles. The Bertz CT molecular complexity index is 795. The minimum atomic E-state index is -3.87. The molecule has 0 spiro atoms. The highest BCUT2D eigenvalue weighted by molar-refractivity contribution is 9.10. The van der Waals surface area contributed by atoms with E-state index in [1.807, 2.05) is 0 Å². The van der Waals surface area contributed by atoms with Crippen LogP contribution in [0.5, 0.6) is 0 Å². The van der Waals surface area contributed by atoms with Crippen molar-refractivity contribution in [2.45, 2.75) is 4.90 Å². The lowest BCUT2D eigenvalue weighted by Crippen LogP contribution is -2.13. The number of amides is 1. The van der Waals surface area contributed by atoms with E-state index < -0.39 is 15.0 Å². The van der Waals surface area contributed by atoms with E-state index in [1.54, 1.807) is 6.07 Å². The summed E-state index contributed by atoms with van der Waals surface area (Å²) in [6, 6.07) is 6.97. The molecule has 1 aromatic carbocycles. The largest absolute Gasteiger partial charge is 0.319 e. The molecule has 0 atom stereocenters. The number of hydrogen-bond donors (Lipinski definition) is 1. The van der Waals surface area contributed by atoms with Crippen molar-refractivity contribution in [2.24, 2.45) is 0 Å². The minimum absolute atomic E-state index is 0.0576. The van der Waals surface area contributed by atoms with E-state index in [2.05, 4.69) is 26.2 Å². The van der Waals surface area contributed by atoms with E-state index >= 15 is 0 Å². The van der Waals surface area contributed by atoms with Crippen molar-refractivity contribution < 1.29 is 13.2 Å². The first kappa shape index (κ1) is 16.2. The summed E-state index contributed by atoms with van der Waals surface area (Å²) in [5.74, 6) is -0.467. The van der Waals surface area contributed by atoms with E-state index in [1.165, 1.54) is 24.4 Å². The number of hydrogen-bond acceptors (Lipinski definition) is 4. The second-order valence-corrected chi connectivity index (χ2v) is 7.78. The predicted molar refractivity (Wildman–Crippen MR) is 84.4 cm³/mol. The van der Waals surface area contributed by atoms with Gasteiger partial charge in [-0.3, -0.25) is 4.79 Å². The lowest BCUT2D eigenvalue weighted by Gasteiger charge is -2.07. The molecule has 1 heterocycles. The highest BCUT2D eigenvalue weighted by atomic mass is 79.9. The van der Waals surface area contributed by atoms with Gasteiger partial charge in [0.2, 0.25) is 0 Å². The number of nitrogens with zero attached hydrogens (tertiary/aromatic N) is 1. The summed E-state index contributed by atoms with van der Waals surface area (Å²) in [6.45, 7) is 0. The fourth-order valence-corrected chi connectivity index (χ4v) is 2.75. The maximum Gasteiger partial charge on any atom is 0.274 e. The van der Waals surface area contributed by atoms with Gasteiger partial charge in [-0.1, -0.05) is 11.6 Å². The van der Waals surface area contributed by atoms with E-state index in [-0.39, 0.29) is 21.3 Å². The van der Waals surface area contributed by atoms with Gasteiger partial charge >= 0.3 is 0 Å². The summed E-state index contributed by atoms with van der Waals surface area (Å²) in [4.78, 5) is 15.8. The maximum absolute atomic E-state index is 12.0. The van der Waals surface area contributed by atoms with Crippen LogP contribution in [0.3, 0.4) is 0 Å². The van der Waals surface area contributed by atoms with Crippen molar-refractivity contribution in [1.29, 1.82) is 0 Å². The SMILES string of the molecule is O=C(Nc1ccc(S(=O)(=O)Cl)cc1Cl)c1ccc(Br)cn1. The van der Waals surface area contributed by atoms with Crippen molar-refractivity contribution in [1.82, 2.24) is 4.98 Å². The van der Waals surface area contributed by atoms with Crippen LogP contribution in [0.25, 0.3) is 0 Å². The molecule has 0 unspecified atom stereocenters. The average molecular weight is 410 g/mol. The fourth-order valence-electron chi connectivity index (χ4n) is 1.45. The second kappa shape index (κ2) is 6.31. The van der Waals surface area contributed by atoms with Crippen LogP contribution in [0, 0.1) is 0 Å². The first-order valence-corrected chi connectivity index (χ1v) is 8.92. The van der Waals surface area contributed by atoms with Crippen LogP contribution in [0.1, 0.15) is 10.5 Å². The van der Waals surface area contributed by atoms with Crippen molar-refractivity contribution in [3.8, 4) is 0 Å². The zero-order valence-corrected chi connectivity index (χ0v) is 14.1. The molecular formula is C12H7BrCl2N2O3S. The number of carbonyl (C=O) groups is 1. The van der Waals surface area contributed by atoms with Crippen LogP contribution < -0.4 is 5.32 Å². The number of nitrogens with one attached hydrogen (secondary N) is 1. The Hall–Kier alpha value is -1.15. The molecule has 21 heavy (non-hydrogen) atoms. The lowest BCUT2D eigenvalue weighted by atomic mass is 10.3. The van der Waals surface area contributed by atoms with E-state index in [0.29, 0.717) is 0 Å². The molecule has 0 bridgehead atoms. The summed E-state index contributed by atoms with van der Waals surface area (Å²) in [5, 5.41) is 2.60. The van der Waals surface area contributed by atoms with Gasteiger partial charge in [-0.15, -0.1) is 0 Å². The van der Waals surface area contributed by atoms with Gasteiger partial charge < -0.3 is 5.32 Å². The molecule has 0 saturated heterocycles. The van der Waals surface area contributed by atoms with Gasteiger partial charge in [0.25, 0.3) is 15.0 Å².